The third-order valence-corrected chi connectivity index (χ3v) is 5.76. The van der Waals surface area contributed by atoms with E-state index in [-0.39, 0.29) is 22.2 Å². The molecule has 0 atom stereocenters. The summed E-state index contributed by atoms with van der Waals surface area (Å²) in [6, 6.07) is 14.8. The molecule has 1 amide bonds. The summed E-state index contributed by atoms with van der Waals surface area (Å²) in [7, 11) is 0. The molecule has 4 rings (SSSR count). The third-order valence-electron chi connectivity index (χ3n) is 5.13. The molecule has 0 fully saturated rings. The zero-order valence-electron chi connectivity index (χ0n) is 17.7. The molecule has 0 aliphatic rings. The summed E-state index contributed by atoms with van der Waals surface area (Å²) in [4.78, 5) is 17.3. The maximum Gasteiger partial charge on any atom is 0.416 e. The van der Waals surface area contributed by atoms with Gasteiger partial charge in [0.2, 0.25) is 0 Å². The van der Waals surface area contributed by atoms with Gasteiger partial charge in [-0.3, -0.25) is 9.78 Å². The minimum Gasteiger partial charge on any atom is -0.488 e. The number of hydrogen-bond donors (Lipinski definition) is 1. The third kappa shape index (κ3) is 4.95. The van der Waals surface area contributed by atoms with Crippen LogP contribution in [0.5, 0.6) is 5.75 Å². The normalized spacial score (nSPS) is 11.5. The van der Waals surface area contributed by atoms with E-state index in [0.717, 1.165) is 17.7 Å². The number of anilines is 1. The van der Waals surface area contributed by atoms with E-state index in [1.807, 2.05) is 6.92 Å². The topological polar surface area (TPSA) is 51.2 Å². The number of nitrogens with one attached hydrogen (secondary N) is 1. The second-order valence-electron chi connectivity index (χ2n) is 7.51. The fourth-order valence-electron chi connectivity index (χ4n) is 3.44. The first-order valence-corrected chi connectivity index (χ1v) is 10.8. The van der Waals surface area contributed by atoms with E-state index in [2.05, 4.69) is 10.3 Å². The van der Waals surface area contributed by atoms with Gasteiger partial charge in [-0.25, -0.2) is 0 Å². The number of halogens is 5. The predicted molar refractivity (Wildman–Crippen MR) is 127 cm³/mol. The van der Waals surface area contributed by atoms with Crippen molar-refractivity contribution in [2.24, 2.45) is 0 Å². The molecule has 4 aromatic rings. The lowest BCUT2D eigenvalue weighted by Crippen LogP contribution is -2.13. The van der Waals surface area contributed by atoms with Crippen molar-refractivity contribution in [2.45, 2.75) is 19.7 Å². The van der Waals surface area contributed by atoms with Crippen LogP contribution < -0.4 is 10.1 Å². The van der Waals surface area contributed by atoms with Crippen LogP contribution in [0.25, 0.3) is 10.9 Å². The van der Waals surface area contributed by atoms with Crippen molar-refractivity contribution in [3.63, 3.8) is 0 Å². The Hall–Kier alpha value is -3.29. The largest absolute Gasteiger partial charge is 0.488 e. The molecular weight excluding hydrogens is 488 g/mol. The highest BCUT2D eigenvalue weighted by Crippen LogP contribution is 2.34. The van der Waals surface area contributed by atoms with Crippen LogP contribution >= 0.6 is 23.2 Å². The standard InChI is InChI=1S/C25H17Cl2F3N2O2/c1-14-12-31-22-17(23(14)34-13-15-8-10-16(11-9-15)25(28,29)30)4-2-7-20(22)32-24(33)21-18(26)5-3-6-19(21)27/h2-12H,13H2,1H3,(H,32,33). The predicted octanol–water partition coefficient (Wildman–Crippen LogP) is 7.70. The molecule has 3 aromatic carbocycles. The van der Waals surface area contributed by atoms with Gasteiger partial charge in [-0.1, -0.05) is 47.5 Å². The second-order valence-corrected chi connectivity index (χ2v) is 8.32. The van der Waals surface area contributed by atoms with Gasteiger partial charge in [-0.15, -0.1) is 0 Å². The Labute approximate surface area is 203 Å². The monoisotopic (exact) mass is 504 g/mol. The Bertz CT molecular complexity index is 1350. The van der Waals surface area contributed by atoms with Crippen LogP contribution in [0.1, 0.15) is 27.0 Å². The highest BCUT2D eigenvalue weighted by atomic mass is 35.5. The van der Waals surface area contributed by atoms with E-state index in [0.29, 0.717) is 27.9 Å². The highest BCUT2D eigenvalue weighted by Gasteiger charge is 2.30. The van der Waals surface area contributed by atoms with Crippen LogP contribution in [0, 0.1) is 6.92 Å². The van der Waals surface area contributed by atoms with Crippen LogP contribution in [0.15, 0.2) is 66.9 Å². The molecule has 0 spiro atoms. The second kappa shape index (κ2) is 9.52. The quantitative estimate of drug-likeness (QED) is 0.303. The number of carbonyl (C=O) groups excluding carboxylic acids is 1. The number of para-hydroxylation sites is 1. The number of fused-ring (bicyclic) bond motifs is 1. The first-order chi connectivity index (χ1) is 16.1. The van der Waals surface area contributed by atoms with Gasteiger partial charge < -0.3 is 10.1 Å². The molecule has 1 aromatic heterocycles. The fraction of sp³-hybridized carbons (Fsp3) is 0.120. The molecule has 1 N–H and O–H groups in total. The fourth-order valence-corrected chi connectivity index (χ4v) is 4.00. The zero-order valence-corrected chi connectivity index (χ0v) is 19.2. The van der Waals surface area contributed by atoms with Crippen molar-refractivity contribution < 1.29 is 22.7 Å². The summed E-state index contributed by atoms with van der Waals surface area (Å²) in [5.74, 6) is 0.0227. The van der Waals surface area contributed by atoms with E-state index < -0.39 is 17.6 Å². The van der Waals surface area contributed by atoms with Gasteiger partial charge in [0.05, 0.1) is 32.4 Å². The van der Waals surface area contributed by atoms with Crippen LogP contribution in [0.4, 0.5) is 18.9 Å². The Morgan fingerprint density at radius 2 is 1.65 bits per heavy atom. The van der Waals surface area contributed by atoms with Crippen LogP contribution in [-0.4, -0.2) is 10.9 Å². The molecule has 1 heterocycles. The Balaban J connectivity index is 1.61. The van der Waals surface area contributed by atoms with Crippen molar-refractivity contribution >= 4 is 45.7 Å². The number of carbonyl (C=O) groups is 1. The smallest absolute Gasteiger partial charge is 0.416 e. The van der Waals surface area contributed by atoms with E-state index in [4.69, 9.17) is 27.9 Å². The number of alkyl halides is 3. The van der Waals surface area contributed by atoms with Gasteiger partial charge >= 0.3 is 6.18 Å². The molecule has 0 bridgehead atoms. The van der Waals surface area contributed by atoms with Gasteiger partial charge in [0.25, 0.3) is 5.91 Å². The Morgan fingerprint density at radius 3 is 2.29 bits per heavy atom. The molecule has 4 nitrogen and oxygen atoms in total. The van der Waals surface area contributed by atoms with E-state index >= 15 is 0 Å². The summed E-state index contributed by atoms with van der Waals surface area (Å²) in [6.45, 7) is 1.87. The lowest BCUT2D eigenvalue weighted by atomic mass is 10.1. The van der Waals surface area contributed by atoms with Crippen molar-refractivity contribution in [1.82, 2.24) is 4.98 Å². The van der Waals surface area contributed by atoms with Crippen molar-refractivity contribution in [3.8, 4) is 5.75 Å². The number of rotatable bonds is 5. The number of nitrogens with zero attached hydrogens (tertiary/aromatic N) is 1. The summed E-state index contributed by atoms with van der Waals surface area (Å²) in [5, 5.41) is 3.86. The van der Waals surface area contributed by atoms with Crippen molar-refractivity contribution in [1.29, 1.82) is 0 Å². The lowest BCUT2D eigenvalue weighted by Gasteiger charge is -2.15. The van der Waals surface area contributed by atoms with Gasteiger partial charge in [0.1, 0.15) is 12.4 Å². The van der Waals surface area contributed by atoms with Crippen molar-refractivity contribution in [3.05, 3.63) is 99.2 Å². The maximum absolute atomic E-state index is 12.8. The number of ether oxygens (including phenoxy) is 1. The number of pyridine rings is 1. The number of hydrogen-bond acceptors (Lipinski definition) is 3. The number of aryl methyl sites for hydroxylation is 1. The average Bonchev–Trinajstić information content (AvgIpc) is 2.78. The zero-order chi connectivity index (χ0) is 24.5. The van der Waals surface area contributed by atoms with Gasteiger partial charge in [0.15, 0.2) is 0 Å². The molecule has 0 aliphatic heterocycles. The van der Waals surface area contributed by atoms with Gasteiger partial charge in [0, 0.05) is 17.1 Å². The van der Waals surface area contributed by atoms with Crippen LogP contribution in [0.2, 0.25) is 10.0 Å². The Kier molecular flexibility index (Phi) is 6.68. The summed E-state index contributed by atoms with van der Waals surface area (Å²) in [6.07, 6.45) is -2.80. The molecule has 0 saturated carbocycles. The SMILES string of the molecule is Cc1cnc2c(NC(=O)c3c(Cl)cccc3Cl)cccc2c1OCc1ccc(C(F)(F)F)cc1. The molecule has 0 unspecified atom stereocenters. The molecule has 174 valence electrons. The van der Waals surface area contributed by atoms with Gasteiger partial charge in [-0.2, -0.15) is 13.2 Å². The van der Waals surface area contributed by atoms with E-state index in [9.17, 15) is 18.0 Å². The van der Waals surface area contributed by atoms with E-state index in [1.54, 1.807) is 42.6 Å². The molecule has 9 heteroatoms. The number of benzene rings is 3. The minimum absolute atomic E-state index is 0.0594. The van der Waals surface area contributed by atoms with Crippen LogP contribution in [-0.2, 0) is 12.8 Å². The highest BCUT2D eigenvalue weighted by molar-refractivity contribution is 6.40. The molecule has 34 heavy (non-hydrogen) atoms. The number of aromatic nitrogens is 1. The van der Waals surface area contributed by atoms with Crippen LogP contribution in [0.3, 0.4) is 0 Å². The summed E-state index contributed by atoms with van der Waals surface area (Å²) in [5.41, 5.74) is 1.65. The number of amides is 1. The summed E-state index contributed by atoms with van der Waals surface area (Å²) >= 11 is 12.3. The maximum atomic E-state index is 12.8. The first kappa shape index (κ1) is 23.9. The molecule has 0 aliphatic carbocycles. The summed E-state index contributed by atoms with van der Waals surface area (Å²) < 4.78 is 44.4. The van der Waals surface area contributed by atoms with Crippen molar-refractivity contribution in [2.75, 3.05) is 5.32 Å². The van der Waals surface area contributed by atoms with Gasteiger partial charge in [-0.05, 0) is 48.9 Å². The first-order valence-electron chi connectivity index (χ1n) is 10.1. The van der Waals surface area contributed by atoms with E-state index in [1.165, 1.54) is 12.1 Å². The minimum atomic E-state index is -4.40. The molecule has 0 saturated heterocycles. The molecule has 0 radical (unpaired) electrons. The average molecular weight is 505 g/mol. The Morgan fingerprint density at radius 1 is 1.00 bits per heavy atom. The lowest BCUT2D eigenvalue weighted by molar-refractivity contribution is -0.137. The molecular formula is C25H17Cl2F3N2O2.